The van der Waals surface area contributed by atoms with Gasteiger partial charge in [0.05, 0.1) is 13.2 Å². The first-order valence-electron chi connectivity index (χ1n) is 6.50. The van der Waals surface area contributed by atoms with Crippen LogP contribution >= 0.6 is 12.4 Å². The van der Waals surface area contributed by atoms with Crippen LogP contribution in [0.15, 0.2) is 30.9 Å². The first-order chi connectivity index (χ1) is 9.31. The SMILES string of the molecule is C=CCOc1ccc(CNCCOC)cc1OCC.Cl. The fourth-order valence-electron chi connectivity index (χ4n) is 1.61. The molecule has 0 saturated carbocycles. The number of methoxy groups -OCH3 is 1. The van der Waals surface area contributed by atoms with Crippen molar-refractivity contribution in [3.05, 3.63) is 36.4 Å². The lowest BCUT2D eigenvalue weighted by Crippen LogP contribution is -2.18. The highest BCUT2D eigenvalue weighted by Gasteiger charge is 2.05. The molecule has 0 bridgehead atoms. The molecule has 0 atom stereocenters. The maximum Gasteiger partial charge on any atom is 0.161 e. The topological polar surface area (TPSA) is 39.7 Å². The Balaban J connectivity index is 0.00000361. The van der Waals surface area contributed by atoms with Crippen LogP contribution in [0.5, 0.6) is 11.5 Å². The Labute approximate surface area is 127 Å². The van der Waals surface area contributed by atoms with E-state index in [-0.39, 0.29) is 12.4 Å². The molecule has 4 nitrogen and oxygen atoms in total. The second-order valence-corrected chi connectivity index (χ2v) is 3.98. The largest absolute Gasteiger partial charge is 0.490 e. The van der Waals surface area contributed by atoms with Gasteiger partial charge in [-0.1, -0.05) is 18.7 Å². The van der Waals surface area contributed by atoms with Crippen LogP contribution in [-0.2, 0) is 11.3 Å². The Morgan fingerprint density at radius 1 is 1.25 bits per heavy atom. The van der Waals surface area contributed by atoms with Gasteiger partial charge in [-0.25, -0.2) is 0 Å². The molecule has 0 fully saturated rings. The first kappa shape index (κ1) is 18.8. The summed E-state index contributed by atoms with van der Waals surface area (Å²) in [5, 5.41) is 3.30. The highest BCUT2D eigenvalue weighted by molar-refractivity contribution is 5.85. The third kappa shape index (κ3) is 6.80. The predicted molar refractivity (Wildman–Crippen MR) is 84.1 cm³/mol. The third-order valence-corrected chi connectivity index (χ3v) is 2.48. The van der Waals surface area contributed by atoms with Crippen molar-refractivity contribution in [1.82, 2.24) is 5.32 Å². The smallest absolute Gasteiger partial charge is 0.161 e. The number of rotatable bonds is 10. The minimum absolute atomic E-state index is 0. The maximum absolute atomic E-state index is 5.59. The average Bonchev–Trinajstić information content (AvgIpc) is 2.43. The Hall–Kier alpha value is -1.23. The van der Waals surface area contributed by atoms with Crippen LogP contribution in [0.4, 0.5) is 0 Å². The van der Waals surface area contributed by atoms with Crippen molar-refractivity contribution >= 4 is 12.4 Å². The van der Waals surface area contributed by atoms with Gasteiger partial charge in [0.15, 0.2) is 11.5 Å². The summed E-state index contributed by atoms with van der Waals surface area (Å²) in [7, 11) is 1.70. The van der Waals surface area contributed by atoms with Crippen LogP contribution in [0, 0.1) is 0 Å². The Kier molecular flexibility index (Phi) is 10.9. The Bertz CT molecular complexity index is 385. The standard InChI is InChI=1S/C15H23NO3.ClH/c1-4-9-19-14-7-6-13(11-15(14)18-5-2)12-16-8-10-17-3;/h4,6-7,11,16H,1,5,8-10,12H2,2-3H3;1H. The van der Waals surface area contributed by atoms with E-state index in [1.807, 2.05) is 25.1 Å². The van der Waals surface area contributed by atoms with Crippen LogP contribution in [0.3, 0.4) is 0 Å². The van der Waals surface area contributed by atoms with Gasteiger partial charge in [-0.05, 0) is 24.6 Å². The number of ether oxygens (including phenoxy) is 3. The molecule has 0 aromatic heterocycles. The van der Waals surface area contributed by atoms with Crippen LogP contribution in [-0.4, -0.2) is 33.5 Å². The van der Waals surface area contributed by atoms with Crippen molar-refractivity contribution in [2.75, 3.05) is 33.5 Å². The number of benzene rings is 1. The molecular formula is C15H24ClNO3. The molecule has 0 aliphatic heterocycles. The monoisotopic (exact) mass is 301 g/mol. The Morgan fingerprint density at radius 2 is 2.05 bits per heavy atom. The van der Waals surface area contributed by atoms with E-state index in [9.17, 15) is 0 Å². The van der Waals surface area contributed by atoms with Gasteiger partial charge in [0, 0.05) is 20.2 Å². The predicted octanol–water partition coefficient (Wildman–Crippen LogP) is 2.81. The molecule has 5 heteroatoms. The second kappa shape index (κ2) is 11.6. The minimum Gasteiger partial charge on any atom is -0.490 e. The quantitative estimate of drug-likeness (QED) is 0.533. The van der Waals surface area contributed by atoms with E-state index in [0.29, 0.717) is 19.8 Å². The van der Waals surface area contributed by atoms with E-state index in [2.05, 4.69) is 11.9 Å². The lowest BCUT2D eigenvalue weighted by atomic mass is 10.2. The molecule has 0 saturated heterocycles. The lowest BCUT2D eigenvalue weighted by Gasteiger charge is -2.13. The molecule has 0 heterocycles. The molecule has 114 valence electrons. The zero-order valence-electron chi connectivity index (χ0n) is 12.2. The molecule has 0 aliphatic carbocycles. The highest BCUT2D eigenvalue weighted by atomic mass is 35.5. The molecule has 0 radical (unpaired) electrons. The van der Waals surface area contributed by atoms with E-state index >= 15 is 0 Å². The highest BCUT2D eigenvalue weighted by Crippen LogP contribution is 2.28. The third-order valence-electron chi connectivity index (χ3n) is 2.48. The lowest BCUT2D eigenvalue weighted by molar-refractivity contribution is 0.199. The van der Waals surface area contributed by atoms with Gasteiger partial charge in [0.2, 0.25) is 0 Å². The normalized spacial score (nSPS) is 9.70. The summed E-state index contributed by atoms with van der Waals surface area (Å²) in [6.07, 6.45) is 1.72. The van der Waals surface area contributed by atoms with Gasteiger partial charge in [-0.3, -0.25) is 0 Å². The summed E-state index contributed by atoms with van der Waals surface area (Å²) in [6, 6.07) is 5.96. The molecule has 0 amide bonds. The molecule has 0 unspecified atom stereocenters. The molecular weight excluding hydrogens is 278 g/mol. The van der Waals surface area contributed by atoms with Gasteiger partial charge >= 0.3 is 0 Å². The molecule has 1 aromatic rings. The summed E-state index contributed by atoms with van der Waals surface area (Å²) in [5.41, 5.74) is 1.16. The van der Waals surface area contributed by atoms with Crippen LogP contribution < -0.4 is 14.8 Å². The van der Waals surface area contributed by atoms with Crippen molar-refractivity contribution in [1.29, 1.82) is 0 Å². The summed E-state index contributed by atoms with van der Waals surface area (Å²) in [4.78, 5) is 0. The molecule has 1 N–H and O–H groups in total. The zero-order chi connectivity index (χ0) is 13.9. The van der Waals surface area contributed by atoms with Crippen molar-refractivity contribution in [3.63, 3.8) is 0 Å². The number of halogens is 1. The van der Waals surface area contributed by atoms with E-state index in [1.165, 1.54) is 0 Å². The second-order valence-electron chi connectivity index (χ2n) is 3.98. The van der Waals surface area contributed by atoms with Crippen molar-refractivity contribution in [3.8, 4) is 11.5 Å². The van der Waals surface area contributed by atoms with Crippen molar-refractivity contribution < 1.29 is 14.2 Å². The van der Waals surface area contributed by atoms with Crippen molar-refractivity contribution in [2.45, 2.75) is 13.5 Å². The zero-order valence-corrected chi connectivity index (χ0v) is 13.0. The van der Waals surface area contributed by atoms with Gasteiger partial charge in [0.25, 0.3) is 0 Å². The van der Waals surface area contributed by atoms with E-state index < -0.39 is 0 Å². The van der Waals surface area contributed by atoms with Gasteiger partial charge in [-0.15, -0.1) is 12.4 Å². The van der Waals surface area contributed by atoms with Crippen LogP contribution in [0.25, 0.3) is 0 Å². The number of hydrogen-bond acceptors (Lipinski definition) is 4. The number of nitrogens with one attached hydrogen (secondary N) is 1. The van der Waals surface area contributed by atoms with Crippen LogP contribution in [0.1, 0.15) is 12.5 Å². The summed E-state index contributed by atoms with van der Waals surface area (Å²) >= 11 is 0. The van der Waals surface area contributed by atoms with E-state index in [0.717, 1.165) is 30.2 Å². The molecule has 0 aliphatic rings. The fourth-order valence-corrected chi connectivity index (χ4v) is 1.61. The van der Waals surface area contributed by atoms with Gasteiger partial charge in [-0.2, -0.15) is 0 Å². The first-order valence-corrected chi connectivity index (χ1v) is 6.50. The summed E-state index contributed by atoms with van der Waals surface area (Å²) in [5.74, 6) is 1.53. The van der Waals surface area contributed by atoms with E-state index in [1.54, 1.807) is 13.2 Å². The number of hydrogen-bond donors (Lipinski definition) is 1. The Morgan fingerprint density at radius 3 is 2.70 bits per heavy atom. The molecule has 20 heavy (non-hydrogen) atoms. The molecule has 1 aromatic carbocycles. The van der Waals surface area contributed by atoms with E-state index in [4.69, 9.17) is 14.2 Å². The fraction of sp³-hybridized carbons (Fsp3) is 0.467. The summed E-state index contributed by atoms with van der Waals surface area (Å²) in [6.45, 7) is 9.01. The van der Waals surface area contributed by atoms with Gasteiger partial charge in [0.1, 0.15) is 6.61 Å². The molecule has 0 spiro atoms. The van der Waals surface area contributed by atoms with Crippen molar-refractivity contribution in [2.24, 2.45) is 0 Å². The van der Waals surface area contributed by atoms with Gasteiger partial charge < -0.3 is 19.5 Å². The maximum atomic E-state index is 5.59. The average molecular weight is 302 g/mol. The minimum atomic E-state index is 0. The van der Waals surface area contributed by atoms with Crippen LogP contribution in [0.2, 0.25) is 0 Å². The summed E-state index contributed by atoms with van der Waals surface area (Å²) < 4.78 is 16.1. The molecule has 1 rings (SSSR count).